The van der Waals surface area contributed by atoms with Crippen LogP contribution in [0.15, 0.2) is 23.4 Å². The summed E-state index contributed by atoms with van der Waals surface area (Å²) in [5.74, 6) is 0.899. The Morgan fingerprint density at radius 3 is 2.41 bits per heavy atom. The van der Waals surface area contributed by atoms with Gasteiger partial charge in [0.05, 0.1) is 5.25 Å². The molecule has 22 heavy (non-hydrogen) atoms. The molecule has 0 aliphatic carbocycles. The van der Waals surface area contributed by atoms with E-state index in [0.717, 1.165) is 5.82 Å². The highest BCUT2D eigenvalue weighted by Gasteiger charge is 2.18. The zero-order valence-electron chi connectivity index (χ0n) is 12.4. The van der Waals surface area contributed by atoms with Crippen LogP contribution in [-0.4, -0.2) is 26.3 Å². The third-order valence-electron chi connectivity index (χ3n) is 2.81. The van der Waals surface area contributed by atoms with Crippen molar-refractivity contribution < 1.29 is 4.79 Å². The summed E-state index contributed by atoms with van der Waals surface area (Å²) < 4.78 is 0. The van der Waals surface area contributed by atoms with Gasteiger partial charge in [-0.25, -0.2) is 4.98 Å². The van der Waals surface area contributed by atoms with Gasteiger partial charge >= 0.3 is 0 Å². The first-order valence-electron chi connectivity index (χ1n) is 6.71. The molecular formula is C14H16Cl2N4OS. The van der Waals surface area contributed by atoms with E-state index in [-0.39, 0.29) is 17.1 Å². The van der Waals surface area contributed by atoms with E-state index < -0.39 is 0 Å². The van der Waals surface area contributed by atoms with Crippen LogP contribution in [0.2, 0.25) is 10.0 Å². The fourth-order valence-electron chi connectivity index (χ4n) is 1.65. The van der Waals surface area contributed by atoms with E-state index in [1.54, 1.807) is 25.1 Å². The Morgan fingerprint density at radius 1 is 1.23 bits per heavy atom. The molecule has 1 aromatic carbocycles. The zero-order chi connectivity index (χ0) is 16.3. The Kier molecular flexibility index (Phi) is 5.72. The molecule has 0 aliphatic heterocycles. The van der Waals surface area contributed by atoms with Crippen LogP contribution < -0.4 is 5.32 Å². The van der Waals surface area contributed by atoms with Crippen LogP contribution in [0, 0.1) is 0 Å². The predicted octanol–water partition coefficient (Wildman–Crippen LogP) is 4.35. The number of benzene rings is 1. The van der Waals surface area contributed by atoms with E-state index in [9.17, 15) is 4.79 Å². The van der Waals surface area contributed by atoms with E-state index in [1.807, 2.05) is 13.8 Å². The van der Waals surface area contributed by atoms with Gasteiger partial charge in [-0.3, -0.25) is 9.89 Å². The van der Waals surface area contributed by atoms with Gasteiger partial charge in [0.25, 0.3) is 0 Å². The molecule has 1 unspecified atom stereocenters. The molecule has 0 spiro atoms. The first-order chi connectivity index (χ1) is 10.3. The lowest BCUT2D eigenvalue weighted by molar-refractivity contribution is -0.115. The van der Waals surface area contributed by atoms with Gasteiger partial charge in [-0.1, -0.05) is 48.8 Å². The lowest BCUT2D eigenvalue weighted by Crippen LogP contribution is -2.22. The first kappa shape index (κ1) is 17.1. The second-order valence-corrected chi connectivity index (χ2v) is 7.25. The first-order valence-corrected chi connectivity index (χ1v) is 8.34. The summed E-state index contributed by atoms with van der Waals surface area (Å²) in [7, 11) is 0. The number of hydrogen-bond acceptors (Lipinski definition) is 4. The van der Waals surface area contributed by atoms with Gasteiger partial charge in [-0.2, -0.15) is 0 Å². The van der Waals surface area contributed by atoms with Gasteiger partial charge in [0.15, 0.2) is 0 Å². The largest absolute Gasteiger partial charge is 0.325 e. The number of H-pyrrole nitrogens is 1. The average Bonchev–Trinajstić information content (AvgIpc) is 2.86. The number of halogens is 2. The van der Waals surface area contributed by atoms with E-state index >= 15 is 0 Å². The number of carbonyl (C=O) groups is 1. The van der Waals surface area contributed by atoms with Crippen molar-refractivity contribution in [3.05, 3.63) is 34.1 Å². The minimum atomic E-state index is -0.353. The molecule has 0 bridgehead atoms. The van der Waals surface area contributed by atoms with Crippen LogP contribution >= 0.6 is 35.0 Å². The number of aromatic nitrogens is 3. The molecule has 1 heterocycles. The van der Waals surface area contributed by atoms with E-state index in [2.05, 4.69) is 20.5 Å². The highest BCUT2D eigenvalue weighted by molar-refractivity contribution is 8.00. The number of carbonyl (C=O) groups excluding carboxylic acids is 1. The minimum absolute atomic E-state index is 0.167. The molecule has 1 amide bonds. The average molecular weight is 359 g/mol. The Bertz CT molecular complexity index is 654. The third kappa shape index (κ3) is 4.63. The second-order valence-electron chi connectivity index (χ2n) is 5.07. The van der Waals surface area contributed by atoms with Gasteiger partial charge < -0.3 is 5.32 Å². The van der Waals surface area contributed by atoms with Crippen molar-refractivity contribution in [1.82, 2.24) is 15.2 Å². The summed E-state index contributed by atoms with van der Waals surface area (Å²) in [6, 6.07) is 4.90. The van der Waals surface area contributed by atoms with E-state index in [1.165, 1.54) is 11.8 Å². The molecule has 0 saturated carbocycles. The van der Waals surface area contributed by atoms with E-state index in [4.69, 9.17) is 23.2 Å². The van der Waals surface area contributed by atoms with Crippen molar-refractivity contribution in [2.45, 2.75) is 37.1 Å². The molecule has 1 aromatic heterocycles. The standard InChI is InChI=1S/C14H16Cl2N4OS/c1-7(2)12-18-14(20-19-12)22-8(3)13(21)17-11-5-9(15)4-10(16)6-11/h4-8H,1-3H3,(H,17,21)(H,18,19,20). The van der Waals surface area contributed by atoms with Crippen LogP contribution in [0.4, 0.5) is 5.69 Å². The number of nitrogens with one attached hydrogen (secondary N) is 2. The highest BCUT2D eigenvalue weighted by atomic mass is 35.5. The monoisotopic (exact) mass is 358 g/mol. The summed E-state index contributed by atoms with van der Waals surface area (Å²) in [5, 5.41) is 10.9. The van der Waals surface area contributed by atoms with Crippen molar-refractivity contribution in [1.29, 1.82) is 0 Å². The van der Waals surface area contributed by atoms with Crippen LogP contribution in [-0.2, 0) is 4.79 Å². The summed E-state index contributed by atoms with van der Waals surface area (Å²) >= 11 is 13.1. The maximum atomic E-state index is 12.2. The quantitative estimate of drug-likeness (QED) is 0.779. The number of anilines is 1. The smallest absolute Gasteiger partial charge is 0.237 e. The lowest BCUT2D eigenvalue weighted by atomic mass is 10.2. The van der Waals surface area contributed by atoms with Gasteiger partial charge in [0, 0.05) is 21.7 Å². The molecule has 118 valence electrons. The number of aromatic amines is 1. The van der Waals surface area contributed by atoms with Crippen molar-refractivity contribution in [2.75, 3.05) is 5.32 Å². The van der Waals surface area contributed by atoms with Crippen LogP contribution in [0.3, 0.4) is 0 Å². The molecule has 0 fully saturated rings. The maximum absolute atomic E-state index is 12.2. The molecule has 1 atom stereocenters. The molecule has 5 nitrogen and oxygen atoms in total. The zero-order valence-corrected chi connectivity index (χ0v) is 14.7. The Balaban J connectivity index is 1.99. The maximum Gasteiger partial charge on any atom is 0.237 e. The minimum Gasteiger partial charge on any atom is -0.325 e. The van der Waals surface area contributed by atoms with Crippen molar-refractivity contribution in [3.8, 4) is 0 Å². The summed E-state index contributed by atoms with van der Waals surface area (Å²) in [4.78, 5) is 16.5. The van der Waals surface area contributed by atoms with Gasteiger partial charge in [0.2, 0.25) is 11.1 Å². The number of hydrogen-bond donors (Lipinski definition) is 2. The summed E-state index contributed by atoms with van der Waals surface area (Å²) in [6.07, 6.45) is 0. The van der Waals surface area contributed by atoms with Gasteiger partial charge in [-0.15, -0.1) is 5.10 Å². The Labute approximate surface area is 143 Å². The lowest BCUT2D eigenvalue weighted by Gasteiger charge is -2.10. The van der Waals surface area contributed by atoms with Crippen molar-refractivity contribution >= 4 is 46.6 Å². The Hall–Kier alpha value is -1.24. The molecule has 0 radical (unpaired) electrons. The van der Waals surface area contributed by atoms with Crippen molar-refractivity contribution in [2.24, 2.45) is 0 Å². The summed E-state index contributed by atoms with van der Waals surface area (Å²) in [6.45, 7) is 5.83. The molecule has 8 heteroatoms. The fourth-order valence-corrected chi connectivity index (χ4v) is 2.91. The topological polar surface area (TPSA) is 70.7 Å². The molecule has 2 aromatic rings. The van der Waals surface area contributed by atoms with Crippen LogP contribution in [0.25, 0.3) is 0 Å². The molecule has 2 N–H and O–H groups in total. The molecular weight excluding hydrogens is 343 g/mol. The molecule has 0 aliphatic rings. The fraction of sp³-hybridized carbons (Fsp3) is 0.357. The molecule has 0 saturated heterocycles. The number of amides is 1. The van der Waals surface area contributed by atoms with Gasteiger partial charge in [-0.05, 0) is 25.1 Å². The second kappa shape index (κ2) is 7.35. The normalized spacial score (nSPS) is 12.5. The number of rotatable bonds is 5. The van der Waals surface area contributed by atoms with Crippen LogP contribution in [0.5, 0.6) is 0 Å². The van der Waals surface area contributed by atoms with E-state index in [0.29, 0.717) is 20.9 Å². The van der Waals surface area contributed by atoms with Gasteiger partial charge in [0.1, 0.15) is 5.82 Å². The van der Waals surface area contributed by atoms with Crippen molar-refractivity contribution in [3.63, 3.8) is 0 Å². The van der Waals surface area contributed by atoms with Crippen LogP contribution in [0.1, 0.15) is 32.5 Å². The highest BCUT2D eigenvalue weighted by Crippen LogP contribution is 2.25. The third-order valence-corrected chi connectivity index (χ3v) is 4.21. The molecule has 2 rings (SSSR count). The number of nitrogens with zero attached hydrogens (tertiary/aromatic N) is 2. The SMILES string of the molecule is CC(Sc1n[nH]c(C(C)C)n1)C(=O)Nc1cc(Cl)cc(Cl)c1. The Morgan fingerprint density at radius 2 is 1.86 bits per heavy atom. The summed E-state index contributed by atoms with van der Waals surface area (Å²) in [5.41, 5.74) is 0.563. The predicted molar refractivity (Wildman–Crippen MR) is 90.9 cm³/mol. The number of thioether (sulfide) groups is 1.